The second-order valence-corrected chi connectivity index (χ2v) is 6.53. The molecule has 134 valence electrons. The summed E-state index contributed by atoms with van der Waals surface area (Å²) < 4.78 is 0. The van der Waals surface area contributed by atoms with Crippen molar-refractivity contribution >= 4 is 41.4 Å². The average molecular weight is 362 g/mol. The van der Waals surface area contributed by atoms with Gasteiger partial charge in [-0.25, -0.2) is 4.99 Å². The van der Waals surface area contributed by atoms with Gasteiger partial charge in [0, 0.05) is 17.2 Å². The van der Waals surface area contributed by atoms with E-state index in [1.807, 2.05) is 30.5 Å². The molecule has 0 aromatic heterocycles. The van der Waals surface area contributed by atoms with Crippen molar-refractivity contribution < 1.29 is 5.48 Å². The summed E-state index contributed by atoms with van der Waals surface area (Å²) in [4.78, 5) is 14.4. The molecular formula is C18H24ClN5O. The van der Waals surface area contributed by atoms with Gasteiger partial charge in [0.2, 0.25) is 0 Å². The van der Waals surface area contributed by atoms with Gasteiger partial charge in [0.15, 0.2) is 5.66 Å². The monoisotopic (exact) mass is 361 g/mol. The molecule has 1 fully saturated rings. The van der Waals surface area contributed by atoms with E-state index < -0.39 is 0 Å². The molecule has 0 bridgehead atoms. The van der Waals surface area contributed by atoms with Crippen molar-refractivity contribution in [3.8, 4) is 0 Å². The van der Waals surface area contributed by atoms with Crippen molar-refractivity contribution in [1.82, 2.24) is 5.32 Å². The van der Waals surface area contributed by atoms with Crippen molar-refractivity contribution in [2.45, 2.75) is 25.4 Å². The molecule has 0 amide bonds. The summed E-state index contributed by atoms with van der Waals surface area (Å²) in [6, 6.07) is 7.79. The highest BCUT2D eigenvalue weighted by molar-refractivity contribution is 6.68. The zero-order valence-electron chi connectivity index (χ0n) is 14.2. The van der Waals surface area contributed by atoms with Gasteiger partial charge in [-0.15, -0.1) is 12.4 Å². The molecule has 6 nitrogen and oxygen atoms in total. The van der Waals surface area contributed by atoms with Gasteiger partial charge in [0.25, 0.3) is 0 Å². The lowest BCUT2D eigenvalue weighted by molar-refractivity contribution is 0.244. The fourth-order valence-corrected chi connectivity index (χ4v) is 3.48. The van der Waals surface area contributed by atoms with Crippen LogP contribution in [0.25, 0.3) is 5.70 Å². The van der Waals surface area contributed by atoms with Gasteiger partial charge < -0.3 is 16.5 Å². The highest BCUT2D eigenvalue weighted by Gasteiger charge is 2.37. The molecule has 3 heterocycles. The number of fused-ring (bicyclic) bond motifs is 1. The summed E-state index contributed by atoms with van der Waals surface area (Å²) in [5, 5.41) is 3.40. The molecule has 0 saturated carbocycles. The van der Waals surface area contributed by atoms with E-state index in [1.165, 1.54) is 0 Å². The summed E-state index contributed by atoms with van der Waals surface area (Å²) in [6.07, 6.45) is 6.17. The topological polar surface area (TPSA) is 107 Å². The van der Waals surface area contributed by atoms with Crippen LogP contribution in [0.2, 0.25) is 0 Å². The van der Waals surface area contributed by atoms with Crippen LogP contribution in [0.15, 0.2) is 45.3 Å². The standard InChI is InChI=1S/C18H21N5.ClH.H2O/c1-18(13-5-7-20-8-6-13)21-11-17-16(23-18)10-15(22-17)12-3-2-4-14(19)9-12;;/h2-4,9-11,13,20H,5-8,19H2,1H3;1H;1H2. The molecule has 25 heavy (non-hydrogen) atoms. The molecule has 3 aliphatic rings. The first kappa shape index (κ1) is 19.3. The molecule has 0 aliphatic carbocycles. The third kappa shape index (κ3) is 3.66. The Labute approximate surface area is 153 Å². The lowest BCUT2D eigenvalue weighted by Gasteiger charge is -2.35. The first-order valence-corrected chi connectivity index (χ1v) is 8.16. The molecule has 3 aliphatic heterocycles. The van der Waals surface area contributed by atoms with Crippen LogP contribution in [-0.4, -0.2) is 41.9 Å². The van der Waals surface area contributed by atoms with E-state index in [0.717, 1.165) is 54.3 Å². The average Bonchev–Trinajstić information content (AvgIpc) is 2.98. The number of halogens is 1. The fraction of sp³-hybridized carbons (Fsp3) is 0.389. The van der Waals surface area contributed by atoms with E-state index in [-0.39, 0.29) is 23.5 Å². The number of nitrogens with one attached hydrogen (secondary N) is 1. The molecule has 1 atom stereocenters. The predicted molar refractivity (Wildman–Crippen MR) is 107 cm³/mol. The number of aliphatic imine (C=N–C) groups is 3. The Morgan fingerprint density at radius 1 is 1.20 bits per heavy atom. The molecule has 1 aromatic carbocycles. The smallest absolute Gasteiger partial charge is 0.151 e. The minimum atomic E-state index is -0.363. The summed E-state index contributed by atoms with van der Waals surface area (Å²) >= 11 is 0. The Balaban J connectivity index is 0.00000113. The van der Waals surface area contributed by atoms with Crippen LogP contribution in [0.3, 0.4) is 0 Å². The van der Waals surface area contributed by atoms with Crippen LogP contribution in [-0.2, 0) is 0 Å². The van der Waals surface area contributed by atoms with Gasteiger partial charge in [-0.2, -0.15) is 0 Å². The summed E-state index contributed by atoms with van der Waals surface area (Å²) in [5.74, 6) is 0.485. The van der Waals surface area contributed by atoms with E-state index in [9.17, 15) is 0 Å². The number of benzene rings is 1. The molecule has 1 saturated heterocycles. The first-order valence-electron chi connectivity index (χ1n) is 8.16. The summed E-state index contributed by atoms with van der Waals surface area (Å²) in [6.45, 7) is 4.23. The zero-order valence-corrected chi connectivity index (χ0v) is 15.0. The van der Waals surface area contributed by atoms with E-state index >= 15 is 0 Å². The maximum atomic E-state index is 5.88. The van der Waals surface area contributed by atoms with Gasteiger partial charge in [0.1, 0.15) is 5.71 Å². The number of piperidine rings is 1. The Bertz CT molecular complexity index is 764. The van der Waals surface area contributed by atoms with Crippen LogP contribution < -0.4 is 11.1 Å². The number of anilines is 1. The summed E-state index contributed by atoms with van der Waals surface area (Å²) in [7, 11) is 0. The molecule has 0 radical (unpaired) electrons. The molecule has 7 heteroatoms. The SMILES string of the molecule is CC1(C2CCNCC2)N=CC2=NC(c3cccc(N)c3)=CC2=N1.Cl.O. The zero-order chi connectivity index (χ0) is 15.9. The second-order valence-electron chi connectivity index (χ2n) is 6.53. The Kier molecular flexibility index (Phi) is 5.77. The number of rotatable bonds is 2. The van der Waals surface area contributed by atoms with Crippen LogP contribution in [0, 0.1) is 5.92 Å². The number of nitrogens with two attached hydrogens (primary N) is 1. The van der Waals surface area contributed by atoms with Gasteiger partial charge in [0.05, 0.1) is 17.6 Å². The maximum Gasteiger partial charge on any atom is 0.151 e. The van der Waals surface area contributed by atoms with Gasteiger partial charge in [-0.05, 0) is 51.1 Å². The number of allylic oxidation sites excluding steroid dienone is 1. The third-order valence-electron chi connectivity index (χ3n) is 4.87. The van der Waals surface area contributed by atoms with Crippen molar-refractivity contribution in [3.63, 3.8) is 0 Å². The Hall–Kier alpha value is -2.02. The number of nitrogens with zero attached hydrogens (tertiary/aromatic N) is 3. The summed E-state index contributed by atoms with van der Waals surface area (Å²) in [5.41, 5.74) is 9.98. The van der Waals surface area contributed by atoms with E-state index in [0.29, 0.717) is 5.92 Å². The van der Waals surface area contributed by atoms with Gasteiger partial charge in [-0.1, -0.05) is 12.1 Å². The van der Waals surface area contributed by atoms with Crippen molar-refractivity contribution in [2.75, 3.05) is 18.8 Å². The molecule has 1 aromatic rings. The van der Waals surface area contributed by atoms with Crippen LogP contribution in [0.1, 0.15) is 25.3 Å². The van der Waals surface area contributed by atoms with Crippen LogP contribution in [0.4, 0.5) is 5.69 Å². The Morgan fingerprint density at radius 2 is 1.96 bits per heavy atom. The van der Waals surface area contributed by atoms with E-state index in [2.05, 4.69) is 23.3 Å². The first-order chi connectivity index (χ1) is 11.1. The van der Waals surface area contributed by atoms with E-state index in [4.69, 9.17) is 15.7 Å². The number of nitrogen functional groups attached to an aromatic ring is 1. The van der Waals surface area contributed by atoms with Gasteiger partial charge >= 0.3 is 0 Å². The molecule has 4 rings (SSSR count). The quantitative estimate of drug-likeness (QED) is 0.785. The molecule has 5 N–H and O–H groups in total. The Morgan fingerprint density at radius 3 is 2.68 bits per heavy atom. The lowest BCUT2D eigenvalue weighted by atomic mass is 9.85. The highest BCUT2D eigenvalue weighted by Crippen LogP contribution is 2.34. The van der Waals surface area contributed by atoms with Crippen molar-refractivity contribution in [1.29, 1.82) is 0 Å². The third-order valence-corrected chi connectivity index (χ3v) is 4.87. The molecule has 1 unspecified atom stereocenters. The van der Waals surface area contributed by atoms with Crippen molar-refractivity contribution in [2.24, 2.45) is 20.9 Å². The second kappa shape index (κ2) is 7.47. The van der Waals surface area contributed by atoms with Gasteiger partial charge in [-0.3, -0.25) is 9.98 Å². The normalized spacial score (nSPS) is 25.1. The number of hydrogen-bond acceptors (Lipinski definition) is 5. The fourth-order valence-electron chi connectivity index (χ4n) is 3.48. The molecule has 0 spiro atoms. The van der Waals surface area contributed by atoms with E-state index in [1.54, 1.807) is 0 Å². The lowest BCUT2D eigenvalue weighted by Crippen LogP contribution is -2.42. The minimum absolute atomic E-state index is 0. The number of hydrogen-bond donors (Lipinski definition) is 2. The van der Waals surface area contributed by atoms with Crippen LogP contribution >= 0.6 is 12.4 Å². The van der Waals surface area contributed by atoms with Crippen molar-refractivity contribution in [3.05, 3.63) is 35.9 Å². The largest absolute Gasteiger partial charge is 0.412 e. The van der Waals surface area contributed by atoms with Crippen LogP contribution in [0.5, 0.6) is 0 Å². The highest BCUT2D eigenvalue weighted by atomic mass is 35.5. The minimum Gasteiger partial charge on any atom is -0.412 e. The predicted octanol–water partition coefficient (Wildman–Crippen LogP) is 1.90. The molecular weight excluding hydrogens is 338 g/mol. The maximum absolute atomic E-state index is 5.88.